The highest BCUT2D eigenvalue weighted by Gasteiger charge is 2.34. The molecule has 2 aliphatic carbocycles. The quantitative estimate of drug-likeness (QED) is 0.810. The topological polar surface area (TPSA) is 57.9 Å². The molecule has 2 aromatic rings. The number of anilines is 2. The van der Waals surface area contributed by atoms with Gasteiger partial charge in [-0.15, -0.1) is 0 Å². The van der Waals surface area contributed by atoms with Crippen LogP contribution >= 0.6 is 0 Å². The lowest BCUT2D eigenvalue weighted by Gasteiger charge is -2.26. The summed E-state index contributed by atoms with van der Waals surface area (Å²) in [6.45, 7) is 1.18. The van der Waals surface area contributed by atoms with Crippen molar-refractivity contribution < 1.29 is 0 Å². The van der Waals surface area contributed by atoms with Crippen LogP contribution in [0.2, 0.25) is 0 Å². The Morgan fingerprint density at radius 3 is 2.83 bits per heavy atom. The molecule has 0 unspecified atom stereocenters. The van der Waals surface area contributed by atoms with Gasteiger partial charge in [-0.2, -0.15) is 5.10 Å². The molecule has 0 bridgehead atoms. The van der Waals surface area contributed by atoms with Crippen molar-refractivity contribution in [3.05, 3.63) is 18.3 Å². The first-order valence-electron chi connectivity index (χ1n) is 6.80. The normalized spacial score (nSPS) is 19.3. The zero-order valence-electron chi connectivity index (χ0n) is 10.4. The van der Waals surface area contributed by atoms with E-state index in [0.29, 0.717) is 6.04 Å². The minimum Gasteiger partial charge on any atom is -0.397 e. The standard InChI is InChI=1S/C14H18N4/c15-12-5-10-7-16-17-13(10)6-14(12)18(11-3-4-11)8-9-1-2-9/h5-7,9,11H,1-4,8,15H2,(H,16,17). The number of hydrogen-bond acceptors (Lipinski definition) is 3. The molecule has 4 nitrogen and oxygen atoms in total. The van der Waals surface area contributed by atoms with Crippen molar-refractivity contribution in [2.45, 2.75) is 31.7 Å². The third-order valence-corrected chi connectivity index (χ3v) is 4.04. The first-order valence-corrected chi connectivity index (χ1v) is 6.80. The summed E-state index contributed by atoms with van der Waals surface area (Å²) in [5.74, 6) is 0.891. The molecular weight excluding hydrogens is 224 g/mol. The van der Waals surface area contributed by atoms with Crippen LogP contribution in [0.1, 0.15) is 25.7 Å². The number of nitrogens with zero attached hydrogens (tertiary/aromatic N) is 2. The molecule has 0 saturated heterocycles. The molecule has 94 valence electrons. The van der Waals surface area contributed by atoms with Gasteiger partial charge in [0.05, 0.1) is 23.1 Å². The van der Waals surface area contributed by atoms with Crippen LogP contribution in [-0.4, -0.2) is 22.8 Å². The maximum atomic E-state index is 6.23. The Kier molecular flexibility index (Phi) is 2.07. The molecule has 1 aromatic carbocycles. The fraction of sp³-hybridized carbons (Fsp3) is 0.500. The lowest BCUT2D eigenvalue weighted by atomic mass is 10.1. The number of aromatic amines is 1. The van der Waals surface area contributed by atoms with Crippen LogP contribution in [0.5, 0.6) is 0 Å². The van der Waals surface area contributed by atoms with Gasteiger partial charge < -0.3 is 10.6 Å². The molecule has 4 heteroatoms. The summed E-state index contributed by atoms with van der Waals surface area (Å²) in [4.78, 5) is 2.52. The van der Waals surface area contributed by atoms with Gasteiger partial charge >= 0.3 is 0 Å². The molecule has 0 amide bonds. The van der Waals surface area contributed by atoms with E-state index in [4.69, 9.17) is 5.73 Å². The van der Waals surface area contributed by atoms with Crippen LogP contribution < -0.4 is 10.6 Å². The number of nitrogens with one attached hydrogen (secondary N) is 1. The predicted octanol–water partition coefficient (Wildman–Crippen LogP) is 2.52. The van der Waals surface area contributed by atoms with Crippen molar-refractivity contribution in [3.63, 3.8) is 0 Å². The molecule has 1 heterocycles. The second-order valence-corrected chi connectivity index (χ2v) is 5.70. The lowest BCUT2D eigenvalue weighted by molar-refractivity contribution is 0.720. The third kappa shape index (κ3) is 1.72. The van der Waals surface area contributed by atoms with E-state index in [2.05, 4.69) is 21.2 Å². The summed E-state index contributed by atoms with van der Waals surface area (Å²) in [7, 11) is 0. The number of nitrogen functional groups attached to an aromatic ring is 1. The fourth-order valence-electron chi connectivity index (χ4n) is 2.66. The molecule has 2 fully saturated rings. The van der Waals surface area contributed by atoms with Crippen LogP contribution in [0.15, 0.2) is 18.3 Å². The van der Waals surface area contributed by atoms with Crippen molar-refractivity contribution in [1.29, 1.82) is 0 Å². The average molecular weight is 242 g/mol. The Labute approximate surface area is 106 Å². The van der Waals surface area contributed by atoms with Crippen molar-refractivity contribution in [3.8, 4) is 0 Å². The number of aromatic nitrogens is 2. The Bertz CT molecular complexity index is 580. The van der Waals surface area contributed by atoms with E-state index in [1.54, 1.807) is 0 Å². The molecule has 2 saturated carbocycles. The highest BCUT2D eigenvalue weighted by atomic mass is 15.2. The molecule has 0 radical (unpaired) electrons. The molecule has 0 atom stereocenters. The van der Waals surface area contributed by atoms with Crippen LogP contribution in [0.25, 0.3) is 10.9 Å². The van der Waals surface area contributed by atoms with Gasteiger partial charge in [0.25, 0.3) is 0 Å². The van der Waals surface area contributed by atoms with Crippen LogP contribution in [0.3, 0.4) is 0 Å². The van der Waals surface area contributed by atoms with E-state index in [1.807, 2.05) is 12.3 Å². The largest absolute Gasteiger partial charge is 0.397 e. The minimum atomic E-state index is 0.716. The number of H-pyrrole nitrogens is 1. The van der Waals surface area contributed by atoms with Gasteiger partial charge in [-0.1, -0.05) is 0 Å². The van der Waals surface area contributed by atoms with Gasteiger partial charge in [-0.05, 0) is 43.7 Å². The fourth-order valence-corrected chi connectivity index (χ4v) is 2.66. The van der Waals surface area contributed by atoms with E-state index < -0.39 is 0 Å². The number of nitrogens with two attached hydrogens (primary N) is 1. The second kappa shape index (κ2) is 3.64. The first kappa shape index (κ1) is 10.2. The summed E-state index contributed by atoms with van der Waals surface area (Å²) in [6.07, 6.45) is 7.23. The Hall–Kier alpha value is -1.71. The summed E-state index contributed by atoms with van der Waals surface area (Å²) in [5.41, 5.74) is 9.39. The molecule has 0 spiro atoms. The molecule has 3 N–H and O–H groups in total. The number of hydrogen-bond donors (Lipinski definition) is 2. The zero-order valence-corrected chi connectivity index (χ0v) is 10.4. The average Bonchev–Trinajstić information content (AvgIpc) is 3.24. The van der Waals surface area contributed by atoms with E-state index in [-0.39, 0.29) is 0 Å². The van der Waals surface area contributed by atoms with Gasteiger partial charge in [0.15, 0.2) is 0 Å². The van der Waals surface area contributed by atoms with Gasteiger partial charge in [0.2, 0.25) is 0 Å². The first-order chi connectivity index (χ1) is 8.81. The molecule has 2 aliphatic rings. The second-order valence-electron chi connectivity index (χ2n) is 5.70. The number of benzene rings is 1. The van der Waals surface area contributed by atoms with Crippen molar-refractivity contribution >= 4 is 22.3 Å². The summed E-state index contributed by atoms with van der Waals surface area (Å²) < 4.78 is 0. The SMILES string of the molecule is Nc1cc2cn[nH]c2cc1N(CC1CC1)C1CC1. The zero-order chi connectivity index (χ0) is 12.1. The lowest BCUT2D eigenvalue weighted by Crippen LogP contribution is -2.28. The van der Waals surface area contributed by atoms with Gasteiger partial charge in [-0.3, -0.25) is 5.10 Å². The van der Waals surface area contributed by atoms with E-state index in [0.717, 1.165) is 22.5 Å². The van der Waals surface area contributed by atoms with Crippen molar-refractivity contribution in [2.75, 3.05) is 17.2 Å². The monoisotopic (exact) mass is 242 g/mol. The molecule has 18 heavy (non-hydrogen) atoms. The van der Waals surface area contributed by atoms with Gasteiger partial charge in [-0.25, -0.2) is 0 Å². The van der Waals surface area contributed by atoms with E-state index in [9.17, 15) is 0 Å². The minimum absolute atomic E-state index is 0.716. The molecule has 1 aromatic heterocycles. The number of fused-ring (bicyclic) bond motifs is 1. The maximum Gasteiger partial charge on any atom is 0.0672 e. The number of rotatable bonds is 4. The van der Waals surface area contributed by atoms with E-state index in [1.165, 1.54) is 37.9 Å². The van der Waals surface area contributed by atoms with Gasteiger partial charge in [0.1, 0.15) is 0 Å². The van der Waals surface area contributed by atoms with Crippen LogP contribution in [0.4, 0.5) is 11.4 Å². The highest BCUT2D eigenvalue weighted by molar-refractivity contribution is 5.89. The third-order valence-electron chi connectivity index (χ3n) is 4.04. The smallest absolute Gasteiger partial charge is 0.0672 e. The molecular formula is C14H18N4. The summed E-state index contributed by atoms with van der Waals surface area (Å²) >= 11 is 0. The Morgan fingerprint density at radius 2 is 2.11 bits per heavy atom. The molecule has 0 aliphatic heterocycles. The summed E-state index contributed by atoms with van der Waals surface area (Å²) in [5, 5.41) is 8.21. The van der Waals surface area contributed by atoms with Crippen LogP contribution in [0, 0.1) is 5.92 Å². The van der Waals surface area contributed by atoms with Crippen molar-refractivity contribution in [2.24, 2.45) is 5.92 Å². The Morgan fingerprint density at radius 1 is 1.28 bits per heavy atom. The highest BCUT2D eigenvalue weighted by Crippen LogP contribution is 2.40. The van der Waals surface area contributed by atoms with Gasteiger partial charge in [0, 0.05) is 18.0 Å². The van der Waals surface area contributed by atoms with E-state index >= 15 is 0 Å². The van der Waals surface area contributed by atoms with Crippen LogP contribution in [-0.2, 0) is 0 Å². The summed E-state index contributed by atoms with van der Waals surface area (Å²) in [6, 6.07) is 4.92. The maximum absolute atomic E-state index is 6.23. The van der Waals surface area contributed by atoms with Crippen molar-refractivity contribution in [1.82, 2.24) is 10.2 Å². The Balaban J connectivity index is 1.74. The molecule has 4 rings (SSSR count). The predicted molar refractivity (Wildman–Crippen MR) is 73.6 cm³/mol.